The number of carbonyl (C=O) groups excluding carboxylic acids is 1. The van der Waals surface area contributed by atoms with Crippen LogP contribution in [0.2, 0.25) is 0 Å². The van der Waals surface area contributed by atoms with Crippen molar-refractivity contribution in [2.75, 3.05) is 7.05 Å². The van der Waals surface area contributed by atoms with Crippen molar-refractivity contribution in [3.8, 4) is 11.3 Å². The lowest BCUT2D eigenvalue weighted by Gasteiger charge is -2.26. The predicted molar refractivity (Wildman–Crippen MR) is 96.1 cm³/mol. The fourth-order valence-electron chi connectivity index (χ4n) is 3.24. The van der Waals surface area contributed by atoms with E-state index in [1.54, 1.807) is 0 Å². The van der Waals surface area contributed by atoms with Crippen molar-refractivity contribution in [3.05, 3.63) is 71.2 Å². The minimum atomic E-state index is -1.91. The molecule has 1 aromatic carbocycles. The summed E-state index contributed by atoms with van der Waals surface area (Å²) in [5.74, 6) is -3.18. The Morgan fingerprint density at radius 3 is 2.66 bits per heavy atom. The third kappa shape index (κ3) is 2.75. The second-order valence-corrected chi connectivity index (χ2v) is 6.40. The number of rotatable bonds is 4. The van der Waals surface area contributed by atoms with E-state index in [1.165, 1.54) is 43.6 Å². The van der Waals surface area contributed by atoms with E-state index in [0.717, 1.165) is 11.0 Å². The van der Waals surface area contributed by atoms with Crippen molar-refractivity contribution in [3.63, 3.8) is 0 Å². The first-order chi connectivity index (χ1) is 13.9. The molecule has 0 saturated heterocycles. The molecular formula is C19H14F3N5O2. The molecule has 1 atom stereocenters. The number of halogens is 3. The first kappa shape index (κ1) is 18.7. The molecule has 29 heavy (non-hydrogen) atoms. The van der Waals surface area contributed by atoms with Crippen LogP contribution in [-0.4, -0.2) is 34.0 Å². The SMILES string of the molecule is CN1C(=O)C(c2cc(F)c(F)c(-c3ccon3)c2)(c2cccc(CF)n2)N=C1N. The molecule has 0 spiro atoms. The number of nitrogens with two attached hydrogens (primary N) is 1. The summed E-state index contributed by atoms with van der Waals surface area (Å²) in [5, 5.41) is 3.63. The summed E-state index contributed by atoms with van der Waals surface area (Å²) < 4.78 is 46.9. The molecule has 1 aliphatic rings. The van der Waals surface area contributed by atoms with Crippen molar-refractivity contribution in [2.24, 2.45) is 10.7 Å². The maximum Gasteiger partial charge on any atom is 0.267 e. The Balaban J connectivity index is 2.03. The normalized spacial score (nSPS) is 19.0. The first-order valence-electron chi connectivity index (χ1n) is 8.44. The molecule has 4 rings (SSSR count). The van der Waals surface area contributed by atoms with Gasteiger partial charge in [-0.3, -0.25) is 14.7 Å². The van der Waals surface area contributed by atoms with Crippen molar-refractivity contribution < 1.29 is 22.5 Å². The molecule has 0 aliphatic carbocycles. The minimum Gasteiger partial charge on any atom is -0.369 e. The van der Waals surface area contributed by atoms with Crippen LogP contribution in [0.3, 0.4) is 0 Å². The monoisotopic (exact) mass is 401 g/mol. The number of nitrogens with zero attached hydrogens (tertiary/aromatic N) is 4. The zero-order chi connectivity index (χ0) is 20.8. The second kappa shape index (κ2) is 6.73. The van der Waals surface area contributed by atoms with Crippen LogP contribution in [0.25, 0.3) is 11.3 Å². The second-order valence-electron chi connectivity index (χ2n) is 6.40. The van der Waals surface area contributed by atoms with Crippen LogP contribution < -0.4 is 5.73 Å². The van der Waals surface area contributed by atoms with Gasteiger partial charge in [0.15, 0.2) is 17.6 Å². The fourth-order valence-corrected chi connectivity index (χ4v) is 3.24. The van der Waals surface area contributed by atoms with Crippen molar-refractivity contribution >= 4 is 11.9 Å². The van der Waals surface area contributed by atoms with Gasteiger partial charge in [0, 0.05) is 18.7 Å². The van der Waals surface area contributed by atoms with Crippen LogP contribution in [0.1, 0.15) is 17.0 Å². The van der Waals surface area contributed by atoms with Gasteiger partial charge < -0.3 is 10.3 Å². The van der Waals surface area contributed by atoms with Crippen LogP contribution in [-0.2, 0) is 17.0 Å². The first-order valence-corrected chi connectivity index (χ1v) is 8.44. The highest BCUT2D eigenvalue weighted by Gasteiger charge is 2.51. The Hall–Kier alpha value is -3.69. The Bertz CT molecular complexity index is 1130. The van der Waals surface area contributed by atoms with E-state index in [-0.39, 0.29) is 34.2 Å². The predicted octanol–water partition coefficient (Wildman–Crippen LogP) is 2.51. The van der Waals surface area contributed by atoms with Crippen LogP contribution in [0.4, 0.5) is 13.2 Å². The number of aliphatic imine (C=N–C) groups is 1. The average molecular weight is 401 g/mol. The lowest BCUT2D eigenvalue weighted by atomic mass is 9.84. The van der Waals surface area contributed by atoms with Crippen molar-refractivity contribution in [2.45, 2.75) is 12.2 Å². The molecule has 1 unspecified atom stereocenters. The van der Waals surface area contributed by atoms with Crippen molar-refractivity contribution in [1.82, 2.24) is 15.0 Å². The highest BCUT2D eigenvalue weighted by atomic mass is 19.2. The number of carbonyl (C=O) groups is 1. The Labute approximate surface area is 162 Å². The Morgan fingerprint density at radius 2 is 2.03 bits per heavy atom. The molecule has 0 fully saturated rings. The van der Waals surface area contributed by atoms with Gasteiger partial charge in [-0.2, -0.15) is 0 Å². The van der Waals surface area contributed by atoms with E-state index < -0.39 is 29.8 Å². The number of benzene rings is 1. The highest BCUT2D eigenvalue weighted by molar-refractivity contribution is 6.08. The topological polar surface area (TPSA) is 97.6 Å². The summed E-state index contributed by atoms with van der Waals surface area (Å²) >= 11 is 0. The van der Waals surface area contributed by atoms with Gasteiger partial charge in [0.05, 0.1) is 11.4 Å². The quantitative estimate of drug-likeness (QED) is 0.725. The Kier molecular flexibility index (Phi) is 4.33. The standard InChI is InChI=1S/C19H14F3N5O2/c1-27-17(28)19(25-18(27)23,15-4-2-3-11(9-20)24-15)10-7-12(14-5-6-29-26-14)16(22)13(21)8-10/h2-8H,9H2,1H3,(H2,23,25). The smallest absolute Gasteiger partial charge is 0.267 e. The molecule has 3 aromatic rings. The maximum absolute atomic E-state index is 14.5. The summed E-state index contributed by atoms with van der Waals surface area (Å²) in [6.07, 6.45) is 1.20. The molecule has 1 amide bonds. The van der Waals surface area contributed by atoms with Crippen LogP contribution >= 0.6 is 0 Å². The number of guanidine groups is 1. The van der Waals surface area contributed by atoms with Crippen molar-refractivity contribution in [1.29, 1.82) is 0 Å². The van der Waals surface area contributed by atoms with Gasteiger partial charge in [0.25, 0.3) is 5.91 Å². The molecule has 0 saturated carbocycles. The van der Waals surface area contributed by atoms with E-state index in [2.05, 4.69) is 15.1 Å². The van der Waals surface area contributed by atoms with E-state index >= 15 is 0 Å². The summed E-state index contributed by atoms with van der Waals surface area (Å²) in [4.78, 5) is 22.6. The summed E-state index contributed by atoms with van der Waals surface area (Å²) in [6, 6.07) is 7.79. The minimum absolute atomic E-state index is 0.0274. The molecule has 2 aromatic heterocycles. The van der Waals surface area contributed by atoms with Gasteiger partial charge in [0.1, 0.15) is 18.6 Å². The van der Waals surface area contributed by atoms with Crippen LogP contribution in [0.15, 0.2) is 52.2 Å². The van der Waals surface area contributed by atoms with Gasteiger partial charge in [-0.25, -0.2) is 18.2 Å². The van der Waals surface area contributed by atoms with Crippen LogP contribution in [0, 0.1) is 11.6 Å². The van der Waals surface area contributed by atoms with Gasteiger partial charge in [-0.1, -0.05) is 11.2 Å². The largest absolute Gasteiger partial charge is 0.369 e. The third-order valence-corrected chi connectivity index (χ3v) is 4.71. The molecule has 1 aliphatic heterocycles. The summed E-state index contributed by atoms with van der Waals surface area (Å²) in [5.41, 5.74) is 3.79. The van der Waals surface area contributed by atoms with Gasteiger partial charge in [-0.05, 0) is 29.8 Å². The zero-order valence-corrected chi connectivity index (χ0v) is 15.1. The molecule has 0 bridgehead atoms. The Morgan fingerprint density at radius 1 is 1.24 bits per heavy atom. The third-order valence-electron chi connectivity index (χ3n) is 4.71. The lowest BCUT2D eigenvalue weighted by Crippen LogP contribution is -2.41. The number of pyridine rings is 1. The summed E-state index contributed by atoms with van der Waals surface area (Å²) in [7, 11) is 1.39. The molecule has 0 radical (unpaired) electrons. The number of hydrogen-bond acceptors (Lipinski definition) is 6. The number of hydrogen-bond donors (Lipinski definition) is 1. The van der Waals surface area contributed by atoms with Crippen LogP contribution in [0.5, 0.6) is 0 Å². The molecule has 2 N–H and O–H groups in total. The molecule has 7 nitrogen and oxygen atoms in total. The number of likely N-dealkylation sites (N-methyl/N-ethyl adjacent to an activating group) is 1. The zero-order valence-electron chi connectivity index (χ0n) is 15.1. The lowest BCUT2D eigenvalue weighted by molar-refractivity contribution is -0.129. The highest BCUT2D eigenvalue weighted by Crippen LogP contribution is 2.40. The number of aromatic nitrogens is 2. The van der Waals surface area contributed by atoms with Gasteiger partial charge >= 0.3 is 0 Å². The average Bonchev–Trinajstić information content (AvgIpc) is 3.34. The fraction of sp³-hybridized carbons (Fsp3) is 0.158. The number of alkyl halides is 1. The van der Waals surface area contributed by atoms with E-state index in [4.69, 9.17) is 10.3 Å². The molecule has 148 valence electrons. The summed E-state index contributed by atoms with van der Waals surface area (Å²) in [6.45, 7) is -0.880. The van der Waals surface area contributed by atoms with Gasteiger partial charge in [0.2, 0.25) is 5.54 Å². The van der Waals surface area contributed by atoms with E-state index in [1.807, 2.05) is 0 Å². The molecule has 3 heterocycles. The van der Waals surface area contributed by atoms with E-state index in [9.17, 15) is 18.0 Å². The van der Waals surface area contributed by atoms with Gasteiger partial charge in [-0.15, -0.1) is 0 Å². The maximum atomic E-state index is 14.5. The number of amides is 1. The molecular weight excluding hydrogens is 387 g/mol. The van der Waals surface area contributed by atoms with E-state index in [0.29, 0.717) is 0 Å². The molecule has 10 heteroatoms.